The molecule has 0 bridgehead atoms. The first kappa shape index (κ1) is 21.9. The molecule has 1 saturated carbocycles. The number of benzene rings is 3. The Labute approximate surface area is 186 Å². The molecule has 0 saturated heterocycles. The van der Waals surface area contributed by atoms with Crippen LogP contribution >= 0.6 is 0 Å². The predicted octanol–water partition coefficient (Wildman–Crippen LogP) is 8.90. The molecule has 0 aliphatic heterocycles. The van der Waals surface area contributed by atoms with E-state index in [1.807, 2.05) is 36.4 Å². The smallest absolute Gasteiger partial charge is 0.138 e. The minimum Gasteiger partial charge on any atom is -0.497 e. The van der Waals surface area contributed by atoms with Crippen molar-refractivity contribution in [3.05, 3.63) is 66.0 Å². The maximum atomic E-state index is 15.3. The number of ether oxygens (including phenoxy) is 1. The van der Waals surface area contributed by atoms with E-state index in [0.717, 1.165) is 22.6 Å². The zero-order valence-electron chi connectivity index (χ0n) is 19.0. The Kier molecular flexibility index (Phi) is 7.27. The first-order chi connectivity index (χ1) is 15.2. The molecule has 164 valence electrons. The number of hydrogen-bond donors (Lipinski definition) is 0. The number of hydrogen-bond acceptors (Lipinski definition) is 1. The van der Waals surface area contributed by atoms with Gasteiger partial charge in [0, 0.05) is 10.9 Å². The van der Waals surface area contributed by atoms with Crippen molar-refractivity contribution >= 4 is 10.8 Å². The number of fused-ring (bicyclic) bond motifs is 1. The van der Waals surface area contributed by atoms with Crippen molar-refractivity contribution in [3.63, 3.8) is 0 Å². The summed E-state index contributed by atoms with van der Waals surface area (Å²) in [4.78, 5) is 0. The second-order valence-corrected chi connectivity index (χ2v) is 9.20. The van der Waals surface area contributed by atoms with Crippen LogP contribution in [0.25, 0.3) is 21.9 Å². The Morgan fingerprint density at radius 1 is 0.871 bits per heavy atom. The fraction of sp³-hybridized carbons (Fsp3) is 0.448. The molecule has 2 heteroatoms. The molecule has 31 heavy (non-hydrogen) atoms. The van der Waals surface area contributed by atoms with Gasteiger partial charge in [-0.25, -0.2) is 4.39 Å². The molecule has 0 heterocycles. The predicted molar refractivity (Wildman–Crippen MR) is 129 cm³/mol. The Balaban J connectivity index is 1.45. The summed E-state index contributed by atoms with van der Waals surface area (Å²) in [6.45, 7) is 2.28. The van der Waals surface area contributed by atoms with E-state index < -0.39 is 0 Å². The molecule has 1 aliphatic carbocycles. The summed E-state index contributed by atoms with van der Waals surface area (Å²) in [5.74, 6) is 2.19. The van der Waals surface area contributed by atoms with Crippen molar-refractivity contribution in [1.82, 2.24) is 0 Å². The lowest BCUT2D eigenvalue weighted by atomic mass is 9.76. The molecule has 0 radical (unpaired) electrons. The molecule has 3 aromatic carbocycles. The second kappa shape index (κ2) is 10.3. The highest BCUT2D eigenvalue weighted by Crippen LogP contribution is 2.39. The van der Waals surface area contributed by atoms with Gasteiger partial charge in [-0.05, 0) is 66.2 Å². The van der Waals surface area contributed by atoms with Crippen LogP contribution in [0.1, 0.15) is 76.2 Å². The van der Waals surface area contributed by atoms with Gasteiger partial charge in [0.1, 0.15) is 11.6 Å². The highest BCUT2D eigenvalue weighted by Gasteiger charge is 2.22. The highest BCUT2D eigenvalue weighted by atomic mass is 19.1. The summed E-state index contributed by atoms with van der Waals surface area (Å²) in [6, 6.07) is 17.9. The topological polar surface area (TPSA) is 9.23 Å². The molecular weight excluding hydrogens is 383 g/mol. The number of rotatable bonds is 8. The van der Waals surface area contributed by atoms with Gasteiger partial charge >= 0.3 is 0 Å². The van der Waals surface area contributed by atoms with Crippen molar-refractivity contribution < 1.29 is 9.13 Å². The molecule has 0 amide bonds. The molecular formula is C29H35FO. The Morgan fingerprint density at radius 2 is 1.65 bits per heavy atom. The molecule has 0 spiro atoms. The van der Waals surface area contributed by atoms with Crippen LogP contribution in [0.3, 0.4) is 0 Å². The van der Waals surface area contributed by atoms with Crippen LogP contribution in [0.5, 0.6) is 5.75 Å². The lowest BCUT2D eigenvalue weighted by Gasteiger charge is -2.29. The van der Waals surface area contributed by atoms with E-state index in [1.54, 1.807) is 7.11 Å². The third kappa shape index (κ3) is 5.11. The maximum absolute atomic E-state index is 15.3. The maximum Gasteiger partial charge on any atom is 0.138 e. The number of unbranched alkanes of at least 4 members (excludes halogenated alkanes) is 3. The molecule has 0 atom stereocenters. The molecule has 1 aliphatic rings. The summed E-state index contributed by atoms with van der Waals surface area (Å²) >= 11 is 0. The fourth-order valence-electron chi connectivity index (χ4n) is 5.20. The third-order valence-electron chi connectivity index (χ3n) is 7.16. The van der Waals surface area contributed by atoms with E-state index >= 15 is 4.39 Å². The molecule has 1 nitrogen and oxygen atoms in total. The van der Waals surface area contributed by atoms with Gasteiger partial charge in [-0.3, -0.25) is 0 Å². The monoisotopic (exact) mass is 418 g/mol. The summed E-state index contributed by atoms with van der Waals surface area (Å²) in [7, 11) is 1.64. The SMILES string of the molecule is CCCCCC[C@H]1CC[C@H](c2ccc3c(F)c(-c4ccc(OC)cc4)ccc3c2)CC1. The molecule has 3 aromatic rings. The second-order valence-electron chi connectivity index (χ2n) is 9.20. The molecule has 0 N–H and O–H groups in total. The number of methoxy groups -OCH3 is 1. The molecule has 0 aromatic heterocycles. The van der Waals surface area contributed by atoms with E-state index in [1.165, 1.54) is 63.4 Å². The lowest BCUT2D eigenvalue weighted by Crippen LogP contribution is -2.13. The van der Waals surface area contributed by atoms with Crippen molar-refractivity contribution in [2.24, 2.45) is 5.92 Å². The van der Waals surface area contributed by atoms with E-state index in [-0.39, 0.29) is 5.82 Å². The Hall–Kier alpha value is -2.35. The van der Waals surface area contributed by atoms with Crippen LogP contribution in [-0.4, -0.2) is 7.11 Å². The van der Waals surface area contributed by atoms with Crippen LogP contribution in [0, 0.1) is 11.7 Å². The van der Waals surface area contributed by atoms with Crippen molar-refractivity contribution in [2.45, 2.75) is 70.6 Å². The standard InChI is InChI=1S/C29H35FO/c1-3-4-5-6-7-21-8-10-22(11-9-21)24-14-18-28-25(20-24)15-19-27(29(28)30)23-12-16-26(31-2)17-13-23/h12-22H,3-11H2,1-2H3/t21-,22-. The summed E-state index contributed by atoms with van der Waals surface area (Å²) in [5, 5.41) is 1.72. The minimum atomic E-state index is -0.134. The summed E-state index contributed by atoms with van der Waals surface area (Å²) < 4.78 is 20.5. The third-order valence-corrected chi connectivity index (χ3v) is 7.16. The van der Waals surface area contributed by atoms with Crippen LogP contribution in [0.4, 0.5) is 4.39 Å². The van der Waals surface area contributed by atoms with Crippen LogP contribution in [0.2, 0.25) is 0 Å². The van der Waals surface area contributed by atoms with Gasteiger partial charge in [0.25, 0.3) is 0 Å². The van der Waals surface area contributed by atoms with Gasteiger partial charge < -0.3 is 4.74 Å². The molecule has 4 rings (SSSR count). The fourth-order valence-corrected chi connectivity index (χ4v) is 5.20. The largest absolute Gasteiger partial charge is 0.497 e. The van der Waals surface area contributed by atoms with Gasteiger partial charge in [0.05, 0.1) is 7.11 Å². The van der Waals surface area contributed by atoms with Gasteiger partial charge in [0.15, 0.2) is 0 Å². The van der Waals surface area contributed by atoms with Crippen LogP contribution in [-0.2, 0) is 0 Å². The first-order valence-electron chi connectivity index (χ1n) is 12.1. The normalized spacial score (nSPS) is 18.9. The zero-order chi connectivity index (χ0) is 21.6. The summed E-state index contributed by atoms with van der Waals surface area (Å²) in [6.07, 6.45) is 12.1. The van der Waals surface area contributed by atoms with Gasteiger partial charge in [-0.15, -0.1) is 0 Å². The van der Waals surface area contributed by atoms with E-state index in [2.05, 4.69) is 25.1 Å². The van der Waals surface area contributed by atoms with E-state index in [4.69, 9.17) is 4.74 Å². The first-order valence-corrected chi connectivity index (χ1v) is 12.1. The van der Waals surface area contributed by atoms with Crippen LogP contribution < -0.4 is 4.74 Å². The van der Waals surface area contributed by atoms with E-state index in [0.29, 0.717) is 16.9 Å². The number of halogens is 1. The minimum absolute atomic E-state index is 0.134. The van der Waals surface area contributed by atoms with E-state index in [9.17, 15) is 0 Å². The average molecular weight is 419 g/mol. The van der Waals surface area contributed by atoms with Crippen molar-refractivity contribution in [1.29, 1.82) is 0 Å². The molecule has 0 unspecified atom stereocenters. The van der Waals surface area contributed by atoms with Gasteiger partial charge in [-0.1, -0.05) is 81.5 Å². The van der Waals surface area contributed by atoms with Crippen molar-refractivity contribution in [3.8, 4) is 16.9 Å². The quantitative estimate of drug-likeness (QED) is 0.332. The van der Waals surface area contributed by atoms with Crippen molar-refractivity contribution in [2.75, 3.05) is 7.11 Å². The average Bonchev–Trinajstić information content (AvgIpc) is 2.82. The molecule has 1 fully saturated rings. The lowest BCUT2D eigenvalue weighted by molar-refractivity contribution is 0.302. The summed E-state index contributed by atoms with van der Waals surface area (Å²) in [5.41, 5.74) is 2.90. The Morgan fingerprint density at radius 3 is 2.35 bits per heavy atom. The zero-order valence-corrected chi connectivity index (χ0v) is 19.0. The van der Waals surface area contributed by atoms with Crippen LogP contribution in [0.15, 0.2) is 54.6 Å². The highest BCUT2D eigenvalue weighted by molar-refractivity contribution is 5.89. The van der Waals surface area contributed by atoms with Gasteiger partial charge in [0.2, 0.25) is 0 Å². The Bertz CT molecular complexity index is 984. The van der Waals surface area contributed by atoms with Gasteiger partial charge in [-0.2, -0.15) is 0 Å².